The Kier molecular flexibility index (Phi) is 2.52. The van der Waals surface area contributed by atoms with Crippen molar-refractivity contribution in [2.24, 2.45) is 5.73 Å². The van der Waals surface area contributed by atoms with Crippen molar-refractivity contribution < 1.29 is 4.42 Å². The Morgan fingerprint density at radius 2 is 2.06 bits per heavy atom. The molecule has 1 atom stereocenters. The van der Waals surface area contributed by atoms with Crippen LogP contribution in [0.2, 0.25) is 0 Å². The van der Waals surface area contributed by atoms with Crippen molar-refractivity contribution in [1.82, 2.24) is 0 Å². The average Bonchev–Trinajstić information content (AvgIpc) is 2.82. The molecule has 1 heterocycles. The normalized spacial score (nSPS) is 23.4. The third-order valence-electron chi connectivity index (χ3n) is 3.69. The van der Waals surface area contributed by atoms with Gasteiger partial charge in [0.2, 0.25) is 0 Å². The summed E-state index contributed by atoms with van der Waals surface area (Å²) in [6.07, 6.45) is 5.84. The molecule has 1 aliphatic rings. The second kappa shape index (κ2) is 4.04. The van der Waals surface area contributed by atoms with Gasteiger partial charge in [0.05, 0.1) is 6.26 Å². The lowest BCUT2D eigenvalue weighted by Gasteiger charge is -2.35. The SMILES string of the molecule is NC1(Cc2ccco2)CCCc2ccccc21. The van der Waals surface area contributed by atoms with Crippen LogP contribution in [0.15, 0.2) is 47.1 Å². The Balaban J connectivity index is 1.98. The molecule has 2 heteroatoms. The zero-order valence-electron chi connectivity index (χ0n) is 9.86. The van der Waals surface area contributed by atoms with Crippen LogP contribution in [0.3, 0.4) is 0 Å². The van der Waals surface area contributed by atoms with E-state index in [0.717, 1.165) is 31.4 Å². The van der Waals surface area contributed by atoms with Crippen LogP contribution in [0.4, 0.5) is 0 Å². The third kappa shape index (κ3) is 1.89. The lowest BCUT2D eigenvalue weighted by Crippen LogP contribution is -2.42. The summed E-state index contributed by atoms with van der Waals surface area (Å²) in [6, 6.07) is 12.5. The lowest BCUT2D eigenvalue weighted by atomic mass is 9.75. The van der Waals surface area contributed by atoms with E-state index in [1.165, 1.54) is 11.1 Å². The Labute approximate surface area is 101 Å². The molecule has 1 unspecified atom stereocenters. The van der Waals surface area contributed by atoms with Crippen LogP contribution in [0.5, 0.6) is 0 Å². The zero-order chi connectivity index (χ0) is 11.7. The fraction of sp³-hybridized carbons (Fsp3) is 0.333. The second-order valence-corrected chi connectivity index (χ2v) is 4.92. The molecular weight excluding hydrogens is 210 g/mol. The summed E-state index contributed by atoms with van der Waals surface area (Å²) in [4.78, 5) is 0. The van der Waals surface area contributed by atoms with Crippen LogP contribution in [0, 0.1) is 0 Å². The topological polar surface area (TPSA) is 39.2 Å². The van der Waals surface area contributed by atoms with E-state index in [4.69, 9.17) is 10.2 Å². The fourth-order valence-electron chi connectivity index (χ4n) is 2.86. The summed E-state index contributed by atoms with van der Waals surface area (Å²) in [5.74, 6) is 0.976. The Bertz CT molecular complexity index is 503. The predicted octanol–water partition coefficient (Wildman–Crippen LogP) is 3.01. The van der Waals surface area contributed by atoms with E-state index in [1.807, 2.05) is 12.1 Å². The average molecular weight is 227 g/mol. The first-order chi connectivity index (χ1) is 8.28. The first kappa shape index (κ1) is 10.6. The molecule has 0 aliphatic heterocycles. The molecule has 0 saturated heterocycles. The van der Waals surface area contributed by atoms with Crippen molar-refractivity contribution >= 4 is 0 Å². The van der Waals surface area contributed by atoms with Crippen molar-refractivity contribution in [3.8, 4) is 0 Å². The summed E-state index contributed by atoms with van der Waals surface area (Å²) in [6.45, 7) is 0. The molecule has 17 heavy (non-hydrogen) atoms. The summed E-state index contributed by atoms with van der Waals surface area (Å²) >= 11 is 0. The summed E-state index contributed by atoms with van der Waals surface area (Å²) < 4.78 is 5.44. The monoisotopic (exact) mass is 227 g/mol. The van der Waals surface area contributed by atoms with E-state index in [2.05, 4.69) is 24.3 Å². The van der Waals surface area contributed by atoms with Gasteiger partial charge in [-0.2, -0.15) is 0 Å². The highest BCUT2D eigenvalue weighted by molar-refractivity contribution is 5.36. The molecule has 1 aliphatic carbocycles. The van der Waals surface area contributed by atoms with E-state index in [0.29, 0.717) is 0 Å². The maximum absolute atomic E-state index is 6.60. The molecule has 2 aromatic rings. The van der Waals surface area contributed by atoms with E-state index in [1.54, 1.807) is 6.26 Å². The van der Waals surface area contributed by atoms with Gasteiger partial charge in [0.1, 0.15) is 5.76 Å². The van der Waals surface area contributed by atoms with Gasteiger partial charge in [0.25, 0.3) is 0 Å². The van der Waals surface area contributed by atoms with Crippen molar-refractivity contribution in [2.45, 2.75) is 31.2 Å². The molecule has 1 aromatic carbocycles. The maximum atomic E-state index is 6.60. The number of aryl methyl sites for hydroxylation is 1. The number of rotatable bonds is 2. The van der Waals surface area contributed by atoms with E-state index < -0.39 is 0 Å². The number of furan rings is 1. The highest BCUT2D eigenvalue weighted by Gasteiger charge is 2.33. The minimum Gasteiger partial charge on any atom is -0.469 e. The van der Waals surface area contributed by atoms with Gasteiger partial charge in [0, 0.05) is 12.0 Å². The lowest BCUT2D eigenvalue weighted by molar-refractivity contribution is 0.339. The first-order valence-corrected chi connectivity index (χ1v) is 6.18. The van der Waals surface area contributed by atoms with Crippen molar-refractivity contribution in [3.63, 3.8) is 0 Å². The quantitative estimate of drug-likeness (QED) is 0.856. The first-order valence-electron chi connectivity index (χ1n) is 6.18. The molecule has 0 bridgehead atoms. The van der Waals surface area contributed by atoms with Gasteiger partial charge < -0.3 is 10.2 Å². The van der Waals surface area contributed by atoms with Crippen LogP contribution in [-0.4, -0.2) is 0 Å². The van der Waals surface area contributed by atoms with Gasteiger partial charge >= 0.3 is 0 Å². The minimum atomic E-state index is -0.257. The highest BCUT2D eigenvalue weighted by Crippen LogP contribution is 2.35. The summed E-state index contributed by atoms with van der Waals surface area (Å²) in [5, 5.41) is 0. The van der Waals surface area contributed by atoms with Crippen LogP contribution in [0.25, 0.3) is 0 Å². The van der Waals surface area contributed by atoms with E-state index >= 15 is 0 Å². The smallest absolute Gasteiger partial charge is 0.105 e. The van der Waals surface area contributed by atoms with Crippen LogP contribution in [-0.2, 0) is 18.4 Å². The van der Waals surface area contributed by atoms with Gasteiger partial charge in [-0.3, -0.25) is 0 Å². The summed E-state index contributed by atoms with van der Waals surface area (Å²) in [7, 11) is 0. The zero-order valence-corrected chi connectivity index (χ0v) is 9.86. The number of benzene rings is 1. The van der Waals surface area contributed by atoms with Gasteiger partial charge in [-0.1, -0.05) is 24.3 Å². The van der Waals surface area contributed by atoms with Crippen molar-refractivity contribution in [3.05, 3.63) is 59.5 Å². The standard InChI is InChI=1S/C15H17NO/c16-15(11-13-7-4-10-17-13)9-3-6-12-5-1-2-8-14(12)15/h1-2,4-5,7-8,10H,3,6,9,11,16H2. The largest absolute Gasteiger partial charge is 0.469 e. The number of nitrogens with two attached hydrogens (primary N) is 1. The van der Waals surface area contributed by atoms with Crippen molar-refractivity contribution in [1.29, 1.82) is 0 Å². The molecule has 0 radical (unpaired) electrons. The predicted molar refractivity (Wildman–Crippen MR) is 67.7 cm³/mol. The second-order valence-electron chi connectivity index (χ2n) is 4.92. The van der Waals surface area contributed by atoms with Crippen LogP contribution < -0.4 is 5.73 Å². The van der Waals surface area contributed by atoms with Crippen LogP contribution in [0.1, 0.15) is 29.7 Å². The molecule has 2 nitrogen and oxygen atoms in total. The third-order valence-corrected chi connectivity index (χ3v) is 3.69. The Morgan fingerprint density at radius 1 is 1.18 bits per heavy atom. The van der Waals surface area contributed by atoms with Gasteiger partial charge in [0.15, 0.2) is 0 Å². The van der Waals surface area contributed by atoms with Gasteiger partial charge in [-0.15, -0.1) is 0 Å². The molecule has 0 saturated carbocycles. The summed E-state index contributed by atoms with van der Waals surface area (Å²) in [5.41, 5.74) is 9.03. The Hall–Kier alpha value is -1.54. The van der Waals surface area contributed by atoms with Crippen molar-refractivity contribution in [2.75, 3.05) is 0 Å². The highest BCUT2D eigenvalue weighted by atomic mass is 16.3. The molecule has 1 aromatic heterocycles. The van der Waals surface area contributed by atoms with E-state index in [-0.39, 0.29) is 5.54 Å². The molecule has 3 rings (SSSR count). The molecular formula is C15H17NO. The molecule has 0 fully saturated rings. The van der Waals surface area contributed by atoms with Crippen LogP contribution >= 0.6 is 0 Å². The number of fused-ring (bicyclic) bond motifs is 1. The number of hydrogen-bond donors (Lipinski definition) is 1. The maximum Gasteiger partial charge on any atom is 0.105 e. The molecule has 88 valence electrons. The molecule has 2 N–H and O–H groups in total. The molecule has 0 spiro atoms. The minimum absolute atomic E-state index is 0.257. The fourth-order valence-corrected chi connectivity index (χ4v) is 2.86. The van der Waals surface area contributed by atoms with Gasteiger partial charge in [-0.05, 0) is 42.5 Å². The number of hydrogen-bond acceptors (Lipinski definition) is 2. The Morgan fingerprint density at radius 3 is 2.88 bits per heavy atom. The van der Waals surface area contributed by atoms with Gasteiger partial charge in [-0.25, -0.2) is 0 Å². The molecule has 0 amide bonds. The van der Waals surface area contributed by atoms with E-state index in [9.17, 15) is 0 Å².